The van der Waals surface area contributed by atoms with Crippen LogP contribution in [0.25, 0.3) is 0 Å². The van der Waals surface area contributed by atoms with Crippen molar-refractivity contribution in [3.63, 3.8) is 0 Å². The molecule has 0 spiro atoms. The van der Waals surface area contributed by atoms with E-state index >= 15 is 0 Å². The number of piperidine rings is 1. The van der Waals surface area contributed by atoms with Crippen molar-refractivity contribution < 1.29 is 8.42 Å². The summed E-state index contributed by atoms with van der Waals surface area (Å²) in [7, 11) is -3.12. The van der Waals surface area contributed by atoms with E-state index in [0.29, 0.717) is 17.0 Å². The Labute approximate surface area is 128 Å². The van der Waals surface area contributed by atoms with Crippen LogP contribution in [0.1, 0.15) is 33.1 Å². The first-order valence-corrected chi connectivity index (χ1v) is 9.57. The number of rotatable bonds is 5. The highest BCUT2D eigenvalue weighted by Gasteiger charge is 2.19. The van der Waals surface area contributed by atoms with Gasteiger partial charge in [-0.25, -0.2) is 8.42 Å². The Hall–Kier alpha value is -1.07. The fraction of sp³-hybridized carbons (Fsp3) is 0.625. The number of benzene rings is 1. The molecule has 21 heavy (non-hydrogen) atoms. The van der Waals surface area contributed by atoms with Gasteiger partial charge in [-0.3, -0.25) is 0 Å². The van der Waals surface area contributed by atoms with Crippen molar-refractivity contribution in [1.82, 2.24) is 5.32 Å². The van der Waals surface area contributed by atoms with Crippen LogP contribution in [-0.4, -0.2) is 39.8 Å². The zero-order valence-corrected chi connectivity index (χ0v) is 14.0. The Morgan fingerprint density at radius 2 is 1.90 bits per heavy atom. The smallest absolute Gasteiger partial charge is 0.175 e. The number of anilines is 1. The van der Waals surface area contributed by atoms with Gasteiger partial charge in [0.2, 0.25) is 0 Å². The van der Waals surface area contributed by atoms with Crippen molar-refractivity contribution in [2.45, 2.75) is 50.1 Å². The third kappa shape index (κ3) is 4.45. The molecular formula is C16H26N2O2S. The fourth-order valence-electron chi connectivity index (χ4n) is 2.82. The van der Waals surface area contributed by atoms with Gasteiger partial charge in [0.05, 0.1) is 4.90 Å². The number of nitrogens with one attached hydrogen (secondary N) is 1. The number of nitrogens with zero attached hydrogens (tertiary/aromatic N) is 1. The Balaban J connectivity index is 2.14. The normalized spacial score (nSPS) is 19.7. The van der Waals surface area contributed by atoms with Crippen LogP contribution in [0, 0.1) is 0 Å². The zero-order valence-electron chi connectivity index (χ0n) is 13.2. The first-order valence-electron chi connectivity index (χ1n) is 7.68. The van der Waals surface area contributed by atoms with E-state index in [1.807, 2.05) is 12.1 Å². The quantitative estimate of drug-likeness (QED) is 0.907. The first kappa shape index (κ1) is 16.3. The molecule has 5 heteroatoms. The van der Waals surface area contributed by atoms with Crippen molar-refractivity contribution in [1.29, 1.82) is 0 Å². The van der Waals surface area contributed by atoms with Crippen LogP contribution in [0.2, 0.25) is 0 Å². The lowest BCUT2D eigenvalue weighted by atomic mass is 10.0. The molecule has 0 aromatic heterocycles. The largest absolute Gasteiger partial charge is 0.368 e. The summed E-state index contributed by atoms with van der Waals surface area (Å²) in [5.74, 6) is 0. The van der Waals surface area contributed by atoms with Crippen LogP contribution < -0.4 is 10.2 Å². The Bertz CT molecular complexity index is 546. The van der Waals surface area contributed by atoms with Gasteiger partial charge >= 0.3 is 0 Å². The second-order valence-corrected chi connectivity index (χ2v) is 8.17. The molecule has 1 aromatic rings. The average Bonchev–Trinajstić information content (AvgIpc) is 2.45. The van der Waals surface area contributed by atoms with Crippen molar-refractivity contribution in [3.8, 4) is 0 Å². The molecule has 1 atom stereocenters. The molecule has 0 radical (unpaired) electrons. The molecule has 1 heterocycles. The van der Waals surface area contributed by atoms with Gasteiger partial charge in [0.25, 0.3) is 0 Å². The first-order chi connectivity index (χ1) is 9.88. The van der Waals surface area contributed by atoms with Gasteiger partial charge in [-0.2, -0.15) is 0 Å². The topological polar surface area (TPSA) is 49.4 Å². The van der Waals surface area contributed by atoms with Crippen LogP contribution in [0.5, 0.6) is 0 Å². The Kier molecular flexibility index (Phi) is 5.27. The maximum absolute atomic E-state index is 11.5. The van der Waals surface area contributed by atoms with Gasteiger partial charge in [0, 0.05) is 30.6 Å². The molecule has 118 valence electrons. The number of hydrogen-bond acceptors (Lipinski definition) is 4. The molecule has 4 nitrogen and oxygen atoms in total. The third-order valence-corrected chi connectivity index (χ3v) is 5.18. The maximum Gasteiger partial charge on any atom is 0.175 e. The van der Waals surface area contributed by atoms with E-state index in [1.54, 1.807) is 12.1 Å². The van der Waals surface area contributed by atoms with E-state index in [2.05, 4.69) is 24.1 Å². The predicted molar refractivity (Wildman–Crippen MR) is 87.7 cm³/mol. The summed E-state index contributed by atoms with van der Waals surface area (Å²) in [6, 6.07) is 8.15. The second kappa shape index (κ2) is 6.79. The molecule has 1 aliphatic heterocycles. The molecule has 1 saturated heterocycles. The van der Waals surface area contributed by atoms with E-state index in [-0.39, 0.29) is 0 Å². The van der Waals surface area contributed by atoms with E-state index in [9.17, 15) is 8.42 Å². The standard InChI is InChI=1S/C16H26N2O2S/c1-13(2)18(12-14-6-4-5-11-17-14)15-7-9-16(10-8-15)21(3,19)20/h7-10,13-14,17H,4-6,11-12H2,1-3H3. The number of hydrogen-bond donors (Lipinski definition) is 1. The highest BCUT2D eigenvalue weighted by molar-refractivity contribution is 7.90. The lowest BCUT2D eigenvalue weighted by Gasteiger charge is -2.35. The summed E-state index contributed by atoms with van der Waals surface area (Å²) in [6.07, 6.45) is 5.01. The van der Waals surface area contributed by atoms with Gasteiger partial charge in [0.15, 0.2) is 9.84 Å². The molecule has 1 fully saturated rings. The Morgan fingerprint density at radius 1 is 1.24 bits per heavy atom. The molecule has 1 N–H and O–H groups in total. The minimum Gasteiger partial charge on any atom is -0.368 e. The van der Waals surface area contributed by atoms with Gasteiger partial charge in [-0.15, -0.1) is 0 Å². The van der Waals surface area contributed by atoms with Crippen molar-refractivity contribution in [3.05, 3.63) is 24.3 Å². The predicted octanol–water partition coefficient (Wildman–Crippen LogP) is 2.45. The van der Waals surface area contributed by atoms with E-state index in [0.717, 1.165) is 18.8 Å². The fourth-order valence-corrected chi connectivity index (χ4v) is 3.45. The van der Waals surface area contributed by atoms with E-state index in [1.165, 1.54) is 25.5 Å². The summed E-state index contributed by atoms with van der Waals surface area (Å²) in [6.45, 7) is 6.42. The summed E-state index contributed by atoms with van der Waals surface area (Å²) >= 11 is 0. The van der Waals surface area contributed by atoms with Crippen LogP contribution >= 0.6 is 0 Å². The molecule has 2 rings (SSSR count). The van der Waals surface area contributed by atoms with Crippen LogP contribution in [-0.2, 0) is 9.84 Å². The highest BCUT2D eigenvalue weighted by atomic mass is 32.2. The van der Waals surface area contributed by atoms with Crippen molar-refractivity contribution in [2.24, 2.45) is 0 Å². The molecular weight excluding hydrogens is 284 g/mol. The molecule has 1 aromatic carbocycles. The molecule has 0 saturated carbocycles. The van der Waals surface area contributed by atoms with Gasteiger partial charge in [0.1, 0.15) is 0 Å². The minimum atomic E-state index is -3.12. The molecule has 1 aliphatic rings. The van der Waals surface area contributed by atoms with Crippen LogP contribution in [0.3, 0.4) is 0 Å². The minimum absolute atomic E-state index is 0.380. The summed E-state index contributed by atoms with van der Waals surface area (Å²) in [5.41, 5.74) is 1.09. The van der Waals surface area contributed by atoms with Gasteiger partial charge in [-0.1, -0.05) is 6.42 Å². The average molecular weight is 310 g/mol. The molecule has 1 unspecified atom stereocenters. The molecule has 0 bridgehead atoms. The maximum atomic E-state index is 11.5. The Morgan fingerprint density at radius 3 is 2.38 bits per heavy atom. The van der Waals surface area contributed by atoms with Crippen LogP contribution in [0.4, 0.5) is 5.69 Å². The molecule has 0 amide bonds. The van der Waals surface area contributed by atoms with Gasteiger partial charge in [-0.05, 0) is 57.5 Å². The van der Waals surface area contributed by atoms with E-state index < -0.39 is 9.84 Å². The van der Waals surface area contributed by atoms with E-state index in [4.69, 9.17) is 0 Å². The zero-order chi connectivity index (χ0) is 15.5. The molecule has 0 aliphatic carbocycles. The SMILES string of the molecule is CC(C)N(CC1CCCCN1)c1ccc(S(C)(=O)=O)cc1. The summed E-state index contributed by atoms with van der Waals surface area (Å²) in [4.78, 5) is 2.72. The number of sulfone groups is 1. The lowest BCUT2D eigenvalue weighted by Crippen LogP contribution is -2.46. The highest BCUT2D eigenvalue weighted by Crippen LogP contribution is 2.21. The monoisotopic (exact) mass is 310 g/mol. The third-order valence-electron chi connectivity index (χ3n) is 4.05. The summed E-state index contributed by atoms with van der Waals surface area (Å²) < 4.78 is 23.1. The summed E-state index contributed by atoms with van der Waals surface area (Å²) in [5, 5.41) is 3.57. The second-order valence-electron chi connectivity index (χ2n) is 6.16. The van der Waals surface area contributed by atoms with Crippen molar-refractivity contribution in [2.75, 3.05) is 24.2 Å². The van der Waals surface area contributed by atoms with Gasteiger partial charge < -0.3 is 10.2 Å². The lowest BCUT2D eigenvalue weighted by molar-refractivity contribution is 0.393. The van der Waals surface area contributed by atoms with Crippen molar-refractivity contribution >= 4 is 15.5 Å². The van der Waals surface area contributed by atoms with Crippen LogP contribution in [0.15, 0.2) is 29.2 Å².